The highest BCUT2D eigenvalue weighted by molar-refractivity contribution is 5.49. The second-order valence-corrected chi connectivity index (χ2v) is 3.29. The van der Waals surface area contributed by atoms with Gasteiger partial charge in [0.1, 0.15) is 6.29 Å². The lowest BCUT2D eigenvalue weighted by Crippen LogP contribution is -2.12. The zero-order chi connectivity index (χ0) is 13.3. The van der Waals surface area contributed by atoms with Crippen molar-refractivity contribution < 1.29 is 23.7 Å². The van der Waals surface area contributed by atoms with E-state index in [1.165, 1.54) is 0 Å². The van der Waals surface area contributed by atoms with Crippen LogP contribution in [0.3, 0.4) is 0 Å². The first kappa shape index (κ1) is 17.1. The van der Waals surface area contributed by atoms with Gasteiger partial charge in [-0.2, -0.15) is 5.11 Å². The van der Waals surface area contributed by atoms with Crippen LogP contribution >= 0.6 is 0 Å². The predicted octanol–water partition coefficient (Wildman–Crippen LogP) is 0.673. The van der Waals surface area contributed by atoms with Gasteiger partial charge in [-0.15, -0.1) is 0 Å². The average Bonchev–Trinajstić information content (AvgIpc) is 2.39. The molecule has 7 nitrogen and oxygen atoms in total. The Labute approximate surface area is 107 Å². The Morgan fingerprint density at radius 1 is 0.778 bits per heavy atom. The lowest BCUT2D eigenvalue weighted by molar-refractivity contribution is -0.108. The number of hydrogen-bond donors (Lipinski definition) is 1. The van der Waals surface area contributed by atoms with Gasteiger partial charge in [-0.1, -0.05) is 0 Å². The van der Waals surface area contributed by atoms with E-state index < -0.39 is 0 Å². The second kappa shape index (κ2) is 16.1. The summed E-state index contributed by atoms with van der Waals surface area (Å²) in [6.45, 7) is 4.35. The van der Waals surface area contributed by atoms with Crippen LogP contribution in [0.25, 0.3) is 0 Å². The lowest BCUT2D eigenvalue weighted by atomic mass is 10.5. The Balaban J connectivity index is 2.90. The molecule has 106 valence electrons. The molecule has 0 aromatic rings. The Kier molecular flexibility index (Phi) is 15.3. The largest absolute Gasteiger partial charge is 0.379 e. The second-order valence-electron chi connectivity index (χ2n) is 3.29. The average molecular weight is 262 g/mol. The zero-order valence-electron chi connectivity index (χ0n) is 10.6. The van der Waals surface area contributed by atoms with Gasteiger partial charge in [0.2, 0.25) is 0 Å². The summed E-state index contributed by atoms with van der Waals surface area (Å²) >= 11 is 0. The minimum atomic E-state index is 0.396. The molecular weight excluding hydrogens is 240 g/mol. The third kappa shape index (κ3) is 15.1. The van der Waals surface area contributed by atoms with E-state index in [2.05, 4.69) is 5.11 Å². The molecule has 0 rings (SSSR count). The minimum absolute atomic E-state index is 0.396. The predicted molar refractivity (Wildman–Crippen MR) is 64.0 cm³/mol. The first-order valence-corrected chi connectivity index (χ1v) is 5.99. The molecular formula is C11H22N2O5. The van der Waals surface area contributed by atoms with E-state index in [0.717, 1.165) is 6.29 Å². The summed E-state index contributed by atoms with van der Waals surface area (Å²) in [5.41, 5.74) is 6.54. The fourth-order valence-corrected chi connectivity index (χ4v) is 1.00. The fraction of sp³-hybridized carbons (Fsp3) is 0.909. The summed E-state index contributed by atoms with van der Waals surface area (Å²) in [5, 5.41) is 3.16. The van der Waals surface area contributed by atoms with Crippen molar-refractivity contribution in [3.63, 3.8) is 0 Å². The highest BCUT2D eigenvalue weighted by Crippen LogP contribution is 1.83. The van der Waals surface area contributed by atoms with Crippen LogP contribution in [0, 0.1) is 5.53 Å². The van der Waals surface area contributed by atoms with Crippen LogP contribution in [0.15, 0.2) is 5.11 Å². The third-order valence-corrected chi connectivity index (χ3v) is 1.84. The summed E-state index contributed by atoms with van der Waals surface area (Å²) in [5.74, 6) is 0. The molecule has 18 heavy (non-hydrogen) atoms. The number of aldehydes is 1. The van der Waals surface area contributed by atoms with Crippen LogP contribution in [0.5, 0.6) is 0 Å². The monoisotopic (exact) mass is 262 g/mol. The molecule has 0 aromatic carbocycles. The Hall–Kier alpha value is -0.890. The summed E-state index contributed by atoms with van der Waals surface area (Å²) in [6, 6.07) is 0. The molecule has 0 spiro atoms. The molecule has 0 heterocycles. The van der Waals surface area contributed by atoms with E-state index in [4.69, 9.17) is 24.5 Å². The Morgan fingerprint density at radius 2 is 1.22 bits per heavy atom. The van der Waals surface area contributed by atoms with E-state index in [1.807, 2.05) is 0 Å². The molecule has 1 N–H and O–H groups in total. The van der Waals surface area contributed by atoms with Crippen molar-refractivity contribution in [2.75, 3.05) is 59.4 Å². The van der Waals surface area contributed by atoms with Crippen molar-refractivity contribution in [2.24, 2.45) is 5.11 Å². The molecule has 0 aliphatic heterocycles. The molecule has 0 radical (unpaired) electrons. The maximum atomic E-state index is 9.97. The number of rotatable bonds is 15. The van der Waals surface area contributed by atoms with Gasteiger partial charge in [0.05, 0.1) is 59.4 Å². The molecule has 0 aliphatic rings. The number of nitrogens with one attached hydrogen (secondary N) is 1. The van der Waals surface area contributed by atoms with Crippen molar-refractivity contribution in [1.29, 1.82) is 5.53 Å². The van der Waals surface area contributed by atoms with Gasteiger partial charge in [0.15, 0.2) is 0 Å². The van der Waals surface area contributed by atoms with Crippen LogP contribution in [-0.4, -0.2) is 65.7 Å². The van der Waals surface area contributed by atoms with Gasteiger partial charge in [-0.3, -0.25) is 0 Å². The summed E-state index contributed by atoms with van der Waals surface area (Å²) in [6.07, 6.45) is 1.26. The van der Waals surface area contributed by atoms with Gasteiger partial charge < -0.3 is 23.7 Å². The molecule has 0 saturated heterocycles. The zero-order valence-corrected chi connectivity index (χ0v) is 10.6. The number of hydrogen-bond acceptors (Lipinski definition) is 7. The highest BCUT2D eigenvalue weighted by Gasteiger charge is 1.92. The number of carbonyl (C=O) groups excluding carboxylic acids is 1. The minimum Gasteiger partial charge on any atom is -0.379 e. The quantitative estimate of drug-likeness (QED) is 0.266. The molecule has 0 aliphatic carbocycles. The summed E-state index contributed by atoms with van der Waals surface area (Å²) in [4.78, 5) is 9.97. The van der Waals surface area contributed by atoms with Crippen LogP contribution in [0.2, 0.25) is 0 Å². The number of nitrogens with zero attached hydrogens (tertiary/aromatic N) is 1. The Bertz CT molecular complexity index is 172. The maximum absolute atomic E-state index is 9.97. The number of ether oxygens (including phenoxy) is 4. The normalized spacial score (nSPS) is 10.4. The molecule has 0 unspecified atom stereocenters. The summed E-state index contributed by atoms with van der Waals surface area (Å²) < 4.78 is 20.7. The fourth-order valence-electron chi connectivity index (χ4n) is 1.00. The molecule has 0 bridgehead atoms. The van der Waals surface area contributed by atoms with Gasteiger partial charge >= 0.3 is 0 Å². The van der Waals surface area contributed by atoms with Crippen molar-refractivity contribution >= 4 is 6.29 Å². The molecule has 0 aromatic heterocycles. The van der Waals surface area contributed by atoms with Crippen molar-refractivity contribution in [1.82, 2.24) is 0 Å². The third-order valence-electron chi connectivity index (χ3n) is 1.84. The highest BCUT2D eigenvalue weighted by atomic mass is 16.6. The molecule has 0 saturated carbocycles. The standard InChI is InChI=1S/C11H22N2O5/c12-13-2-5-16-7-9-18-11-10-17-8-6-15-4-1-3-14/h3,12H,1-2,4-11H2. The van der Waals surface area contributed by atoms with Crippen LogP contribution in [-0.2, 0) is 23.7 Å². The topological polar surface area (TPSA) is 90.2 Å². The SMILES string of the molecule is N=NCCOCCOCCOCCOCCC=O. The van der Waals surface area contributed by atoms with Crippen LogP contribution in [0.1, 0.15) is 6.42 Å². The van der Waals surface area contributed by atoms with Crippen molar-refractivity contribution in [3.8, 4) is 0 Å². The maximum Gasteiger partial charge on any atom is 0.122 e. The Morgan fingerprint density at radius 3 is 1.67 bits per heavy atom. The smallest absolute Gasteiger partial charge is 0.122 e. The van der Waals surface area contributed by atoms with Gasteiger partial charge in [-0.25, -0.2) is 5.53 Å². The van der Waals surface area contributed by atoms with E-state index >= 15 is 0 Å². The summed E-state index contributed by atoms with van der Waals surface area (Å²) in [7, 11) is 0. The molecule has 0 amide bonds. The molecule has 0 fully saturated rings. The first-order valence-electron chi connectivity index (χ1n) is 5.99. The van der Waals surface area contributed by atoms with Crippen molar-refractivity contribution in [2.45, 2.75) is 6.42 Å². The van der Waals surface area contributed by atoms with E-state index in [-0.39, 0.29) is 0 Å². The van der Waals surface area contributed by atoms with Crippen LogP contribution in [0.4, 0.5) is 0 Å². The van der Waals surface area contributed by atoms with E-state index in [1.54, 1.807) is 0 Å². The van der Waals surface area contributed by atoms with Crippen molar-refractivity contribution in [3.05, 3.63) is 0 Å². The van der Waals surface area contributed by atoms with Gasteiger partial charge in [0, 0.05) is 6.42 Å². The van der Waals surface area contributed by atoms with Crippen LogP contribution < -0.4 is 0 Å². The van der Waals surface area contributed by atoms with E-state index in [9.17, 15) is 4.79 Å². The molecule has 0 atom stereocenters. The van der Waals surface area contributed by atoms with Gasteiger partial charge in [-0.05, 0) is 0 Å². The van der Waals surface area contributed by atoms with Gasteiger partial charge in [0.25, 0.3) is 0 Å². The number of carbonyl (C=O) groups is 1. The van der Waals surface area contributed by atoms with E-state index in [0.29, 0.717) is 65.8 Å². The molecule has 7 heteroatoms. The first-order chi connectivity index (χ1) is 8.91. The lowest BCUT2D eigenvalue weighted by Gasteiger charge is -2.06.